The van der Waals surface area contributed by atoms with Crippen molar-refractivity contribution in [2.75, 3.05) is 12.3 Å². The molecule has 1 atom stereocenters. The van der Waals surface area contributed by atoms with Gasteiger partial charge in [0.15, 0.2) is 0 Å². The van der Waals surface area contributed by atoms with Crippen LogP contribution in [-0.4, -0.2) is 17.7 Å². The topological polar surface area (TPSA) is 55.1 Å². The van der Waals surface area contributed by atoms with Gasteiger partial charge in [-0.15, -0.1) is 18.3 Å². The van der Waals surface area contributed by atoms with Crippen LogP contribution in [-0.2, 0) is 4.79 Å². The van der Waals surface area contributed by atoms with Crippen LogP contribution < -0.4 is 11.1 Å². The molecular formula is C12H15ClN2OS. The van der Waals surface area contributed by atoms with Gasteiger partial charge in [0.05, 0.1) is 16.0 Å². The number of nitrogens with two attached hydrogens (primary N) is 1. The van der Waals surface area contributed by atoms with E-state index < -0.39 is 0 Å². The van der Waals surface area contributed by atoms with Gasteiger partial charge in [-0.2, -0.15) is 0 Å². The number of anilines is 1. The second-order valence-electron chi connectivity index (χ2n) is 3.48. The van der Waals surface area contributed by atoms with Crippen LogP contribution in [0.3, 0.4) is 0 Å². The summed E-state index contributed by atoms with van der Waals surface area (Å²) in [6.45, 7) is 5.86. The SMILES string of the molecule is C=CCNC(=O)C(C)Sc1ccc(N)c(Cl)c1. The van der Waals surface area contributed by atoms with Gasteiger partial charge in [-0.05, 0) is 25.1 Å². The monoisotopic (exact) mass is 270 g/mol. The van der Waals surface area contributed by atoms with Crippen molar-refractivity contribution in [3.05, 3.63) is 35.9 Å². The standard InChI is InChI=1S/C12H15ClN2OS/c1-3-6-15-12(16)8(2)17-9-4-5-11(14)10(13)7-9/h3-5,7-8H,1,6,14H2,2H3,(H,15,16). The quantitative estimate of drug-likeness (QED) is 0.491. The molecule has 0 aliphatic rings. The fourth-order valence-corrected chi connectivity index (χ4v) is 2.33. The summed E-state index contributed by atoms with van der Waals surface area (Å²) < 4.78 is 0. The minimum atomic E-state index is -0.186. The van der Waals surface area contributed by atoms with Crippen molar-refractivity contribution in [1.82, 2.24) is 5.32 Å². The van der Waals surface area contributed by atoms with Gasteiger partial charge in [-0.1, -0.05) is 17.7 Å². The first-order chi connectivity index (χ1) is 8.04. The second-order valence-corrected chi connectivity index (χ2v) is 5.30. The van der Waals surface area contributed by atoms with Crippen molar-refractivity contribution in [2.45, 2.75) is 17.1 Å². The highest BCUT2D eigenvalue weighted by molar-refractivity contribution is 8.00. The Balaban J connectivity index is 2.61. The molecule has 0 aliphatic carbocycles. The number of amides is 1. The maximum atomic E-state index is 11.6. The van der Waals surface area contributed by atoms with Crippen molar-refractivity contribution in [3.63, 3.8) is 0 Å². The highest BCUT2D eigenvalue weighted by atomic mass is 35.5. The van der Waals surface area contributed by atoms with E-state index in [2.05, 4.69) is 11.9 Å². The van der Waals surface area contributed by atoms with Gasteiger partial charge in [0.1, 0.15) is 0 Å². The number of carbonyl (C=O) groups excluding carboxylic acids is 1. The molecule has 1 amide bonds. The average molecular weight is 271 g/mol. The number of hydrogen-bond acceptors (Lipinski definition) is 3. The molecular weight excluding hydrogens is 256 g/mol. The smallest absolute Gasteiger partial charge is 0.233 e. The predicted molar refractivity (Wildman–Crippen MR) is 74.4 cm³/mol. The predicted octanol–water partition coefficient (Wildman–Crippen LogP) is 2.71. The number of thioether (sulfide) groups is 1. The fraction of sp³-hybridized carbons (Fsp3) is 0.250. The normalized spacial score (nSPS) is 11.9. The van der Waals surface area contributed by atoms with Crippen LogP contribution >= 0.6 is 23.4 Å². The number of benzene rings is 1. The Labute approximate surface area is 110 Å². The van der Waals surface area contributed by atoms with E-state index in [9.17, 15) is 4.79 Å². The van der Waals surface area contributed by atoms with E-state index >= 15 is 0 Å². The Morgan fingerprint density at radius 2 is 2.41 bits per heavy atom. The molecule has 0 heterocycles. The van der Waals surface area contributed by atoms with E-state index in [0.717, 1.165) is 4.90 Å². The largest absolute Gasteiger partial charge is 0.398 e. The molecule has 1 aromatic carbocycles. The molecule has 0 aliphatic heterocycles. The van der Waals surface area contributed by atoms with Crippen LogP contribution in [0, 0.1) is 0 Å². The van der Waals surface area contributed by atoms with Crippen LogP contribution in [0.25, 0.3) is 0 Å². The van der Waals surface area contributed by atoms with Crippen LogP contribution in [0.15, 0.2) is 35.7 Å². The van der Waals surface area contributed by atoms with Crippen molar-refractivity contribution >= 4 is 35.0 Å². The summed E-state index contributed by atoms with van der Waals surface area (Å²) in [6.07, 6.45) is 1.65. The molecule has 0 spiro atoms. The molecule has 0 fully saturated rings. The third-order valence-corrected chi connectivity index (χ3v) is 3.50. The summed E-state index contributed by atoms with van der Waals surface area (Å²) in [5.74, 6) is -0.0251. The Kier molecular flexibility index (Phi) is 5.38. The highest BCUT2D eigenvalue weighted by Crippen LogP contribution is 2.28. The van der Waals surface area contributed by atoms with Gasteiger partial charge in [-0.3, -0.25) is 4.79 Å². The molecule has 0 radical (unpaired) electrons. The summed E-state index contributed by atoms with van der Waals surface area (Å²) in [6, 6.07) is 5.35. The zero-order valence-corrected chi connectivity index (χ0v) is 11.1. The summed E-state index contributed by atoms with van der Waals surface area (Å²) in [5, 5.41) is 3.07. The Bertz CT molecular complexity index is 423. The Morgan fingerprint density at radius 1 is 1.71 bits per heavy atom. The lowest BCUT2D eigenvalue weighted by atomic mass is 10.3. The highest BCUT2D eigenvalue weighted by Gasteiger charge is 2.13. The first-order valence-corrected chi connectivity index (χ1v) is 6.40. The summed E-state index contributed by atoms with van der Waals surface area (Å²) >= 11 is 7.35. The van der Waals surface area contributed by atoms with Crippen molar-refractivity contribution < 1.29 is 4.79 Å². The van der Waals surface area contributed by atoms with Crippen LogP contribution in [0.5, 0.6) is 0 Å². The van der Waals surface area contributed by atoms with Gasteiger partial charge in [0, 0.05) is 11.4 Å². The van der Waals surface area contributed by atoms with Gasteiger partial charge in [0.2, 0.25) is 5.91 Å². The minimum Gasteiger partial charge on any atom is -0.398 e. The number of carbonyl (C=O) groups is 1. The van der Waals surface area contributed by atoms with E-state index in [4.69, 9.17) is 17.3 Å². The average Bonchev–Trinajstić information content (AvgIpc) is 2.30. The third-order valence-electron chi connectivity index (χ3n) is 2.07. The van der Waals surface area contributed by atoms with E-state index in [1.807, 2.05) is 13.0 Å². The first kappa shape index (κ1) is 13.9. The van der Waals surface area contributed by atoms with E-state index in [-0.39, 0.29) is 11.2 Å². The lowest BCUT2D eigenvalue weighted by Gasteiger charge is -2.11. The zero-order chi connectivity index (χ0) is 12.8. The van der Waals surface area contributed by atoms with E-state index in [0.29, 0.717) is 17.3 Å². The van der Waals surface area contributed by atoms with Gasteiger partial charge >= 0.3 is 0 Å². The summed E-state index contributed by atoms with van der Waals surface area (Å²) in [5.41, 5.74) is 6.15. The molecule has 1 unspecified atom stereocenters. The molecule has 1 rings (SSSR count). The van der Waals surface area contributed by atoms with Gasteiger partial charge < -0.3 is 11.1 Å². The lowest BCUT2D eigenvalue weighted by molar-refractivity contribution is -0.120. The van der Waals surface area contributed by atoms with Crippen LogP contribution in [0.2, 0.25) is 5.02 Å². The van der Waals surface area contributed by atoms with E-state index in [1.165, 1.54) is 11.8 Å². The number of halogens is 1. The molecule has 0 saturated carbocycles. The van der Waals surface area contributed by atoms with Crippen LogP contribution in [0.4, 0.5) is 5.69 Å². The zero-order valence-electron chi connectivity index (χ0n) is 9.57. The fourth-order valence-electron chi connectivity index (χ4n) is 1.16. The minimum absolute atomic E-state index is 0.0251. The molecule has 1 aromatic rings. The molecule has 0 aromatic heterocycles. The summed E-state index contributed by atoms with van der Waals surface area (Å²) in [4.78, 5) is 12.5. The number of hydrogen-bond donors (Lipinski definition) is 2. The number of nitrogens with one attached hydrogen (secondary N) is 1. The lowest BCUT2D eigenvalue weighted by Crippen LogP contribution is -2.30. The van der Waals surface area contributed by atoms with Crippen LogP contribution in [0.1, 0.15) is 6.92 Å². The van der Waals surface area contributed by atoms with Crippen molar-refractivity contribution in [1.29, 1.82) is 0 Å². The molecule has 92 valence electrons. The number of nitrogen functional groups attached to an aromatic ring is 1. The first-order valence-electron chi connectivity index (χ1n) is 5.15. The van der Waals surface area contributed by atoms with E-state index in [1.54, 1.807) is 18.2 Å². The molecule has 3 N–H and O–H groups in total. The van der Waals surface area contributed by atoms with Gasteiger partial charge in [0.25, 0.3) is 0 Å². The Hall–Kier alpha value is -1.13. The summed E-state index contributed by atoms with van der Waals surface area (Å²) in [7, 11) is 0. The molecule has 17 heavy (non-hydrogen) atoms. The van der Waals surface area contributed by atoms with Crippen molar-refractivity contribution in [2.24, 2.45) is 0 Å². The second kappa shape index (κ2) is 6.57. The third kappa shape index (κ3) is 4.32. The van der Waals surface area contributed by atoms with Gasteiger partial charge in [-0.25, -0.2) is 0 Å². The Morgan fingerprint density at radius 3 is 3.00 bits per heavy atom. The molecule has 0 saturated heterocycles. The number of rotatable bonds is 5. The van der Waals surface area contributed by atoms with Crippen molar-refractivity contribution in [3.8, 4) is 0 Å². The maximum absolute atomic E-state index is 11.6. The molecule has 5 heteroatoms. The maximum Gasteiger partial charge on any atom is 0.233 e. The molecule has 0 bridgehead atoms. The molecule has 3 nitrogen and oxygen atoms in total.